The van der Waals surface area contributed by atoms with E-state index in [4.69, 9.17) is 10.5 Å². The van der Waals surface area contributed by atoms with Gasteiger partial charge >= 0.3 is 6.18 Å². The van der Waals surface area contributed by atoms with Crippen LogP contribution in [0.25, 0.3) is 16.9 Å². The van der Waals surface area contributed by atoms with E-state index in [1.165, 1.54) is 43.6 Å². The van der Waals surface area contributed by atoms with E-state index in [1.54, 1.807) is 10.6 Å². The van der Waals surface area contributed by atoms with Gasteiger partial charge in [0.2, 0.25) is 11.5 Å². The van der Waals surface area contributed by atoms with Crippen LogP contribution in [0.15, 0.2) is 61.1 Å². The minimum atomic E-state index is -5.32. The fraction of sp³-hybridized carbons (Fsp3) is 0.231. The standard InChI is InChI=1S/C26H21F4N5O4/c1-24(23(31)37)13-39-21-17(24)11-18(34-20(21)14-2-4-16(27)5-3-14)25(38,26(28,29)30)12-33-22(36)15-6-8-35-9-7-32-19(35)10-15/h2-11,38H,12-13H2,1H3,(H2,31,37)(H,33,36)/t24-,25-/m0/s1. The van der Waals surface area contributed by atoms with Crippen LogP contribution in [-0.4, -0.2) is 50.6 Å². The molecule has 1 aromatic carbocycles. The number of ether oxygens (including phenoxy) is 1. The number of fused-ring (bicyclic) bond motifs is 2. The zero-order valence-corrected chi connectivity index (χ0v) is 20.3. The Kier molecular flexibility index (Phi) is 6.06. The summed E-state index contributed by atoms with van der Waals surface area (Å²) in [5.41, 5.74) is -0.195. The van der Waals surface area contributed by atoms with Gasteiger partial charge < -0.3 is 25.3 Å². The molecule has 4 N–H and O–H groups in total. The molecule has 3 aromatic heterocycles. The predicted molar refractivity (Wildman–Crippen MR) is 129 cm³/mol. The Morgan fingerprint density at radius 1 is 1.18 bits per heavy atom. The van der Waals surface area contributed by atoms with Crippen LogP contribution in [0, 0.1) is 5.82 Å². The summed E-state index contributed by atoms with van der Waals surface area (Å²) in [5.74, 6) is -2.39. The Bertz CT molecular complexity index is 1600. The monoisotopic (exact) mass is 543 g/mol. The third-order valence-electron chi connectivity index (χ3n) is 6.79. The number of hydrogen-bond donors (Lipinski definition) is 3. The van der Waals surface area contributed by atoms with E-state index in [-0.39, 0.29) is 34.7 Å². The maximum Gasteiger partial charge on any atom is 0.424 e. The van der Waals surface area contributed by atoms with Gasteiger partial charge in [-0.25, -0.2) is 14.4 Å². The predicted octanol–water partition coefficient (Wildman–Crippen LogP) is 2.85. The van der Waals surface area contributed by atoms with Crippen molar-refractivity contribution in [3.63, 3.8) is 0 Å². The molecular weight excluding hydrogens is 522 g/mol. The van der Waals surface area contributed by atoms with Crippen molar-refractivity contribution in [2.45, 2.75) is 24.1 Å². The average molecular weight is 543 g/mol. The first kappa shape index (κ1) is 26.1. The Morgan fingerprint density at radius 2 is 1.90 bits per heavy atom. The second kappa shape index (κ2) is 9.05. The van der Waals surface area contributed by atoms with Crippen LogP contribution in [0.3, 0.4) is 0 Å². The van der Waals surface area contributed by atoms with E-state index < -0.39 is 47.1 Å². The lowest BCUT2D eigenvalue weighted by Crippen LogP contribution is -2.51. The van der Waals surface area contributed by atoms with Gasteiger partial charge in [0.25, 0.3) is 5.91 Å². The van der Waals surface area contributed by atoms with E-state index >= 15 is 0 Å². The summed E-state index contributed by atoms with van der Waals surface area (Å²) < 4.78 is 64.2. The molecule has 2 amide bonds. The number of primary amides is 1. The zero-order chi connectivity index (χ0) is 28.2. The highest BCUT2D eigenvalue weighted by molar-refractivity contribution is 5.95. The van der Waals surface area contributed by atoms with Crippen molar-refractivity contribution in [2.24, 2.45) is 5.73 Å². The lowest BCUT2D eigenvalue weighted by atomic mass is 9.81. The summed E-state index contributed by atoms with van der Waals surface area (Å²) in [6, 6.07) is 8.34. The number of imidazole rings is 1. The number of hydrogen-bond acceptors (Lipinski definition) is 6. The lowest BCUT2D eigenvalue weighted by Gasteiger charge is -2.31. The van der Waals surface area contributed by atoms with Gasteiger partial charge in [0.05, 0.1) is 12.2 Å². The van der Waals surface area contributed by atoms with E-state index in [0.29, 0.717) is 5.65 Å². The minimum Gasteiger partial charge on any atom is -0.489 e. The molecule has 0 spiro atoms. The molecule has 9 nitrogen and oxygen atoms in total. The Hall–Kier alpha value is -4.52. The summed E-state index contributed by atoms with van der Waals surface area (Å²) in [4.78, 5) is 33.1. The SMILES string of the molecule is C[C@]1(C(N)=O)COc2c1cc([C@@](O)(CNC(=O)c1ccn3ccnc3c1)C(F)(F)F)nc2-c1ccc(F)cc1. The number of amides is 2. The van der Waals surface area contributed by atoms with Crippen molar-refractivity contribution in [1.82, 2.24) is 19.7 Å². The van der Waals surface area contributed by atoms with Gasteiger partial charge in [0, 0.05) is 35.3 Å². The molecule has 5 rings (SSSR count). The van der Waals surface area contributed by atoms with E-state index in [0.717, 1.165) is 18.2 Å². The second-order valence-corrected chi connectivity index (χ2v) is 9.37. The molecule has 4 heterocycles. The quantitative estimate of drug-likeness (QED) is 0.321. The normalized spacial score (nSPS) is 18.3. The van der Waals surface area contributed by atoms with Crippen molar-refractivity contribution in [3.8, 4) is 17.0 Å². The number of nitrogens with two attached hydrogens (primary N) is 1. The summed E-state index contributed by atoms with van der Waals surface area (Å²) in [6.07, 6.45) is -0.700. The first-order valence-electron chi connectivity index (χ1n) is 11.6. The lowest BCUT2D eigenvalue weighted by molar-refractivity contribution is -0.265. The molecule has 202 valence electrons. The van der Waals surface area contributed by atoms with Crippen molar-refractivity contribution < 1.29 is 37.0 Å². The summed E-state index contributed by atoms with van der Waals surface area (Å²) in [5, 5.41) is 13.2. The maximum absolute atomic E-state index is 14.5. The third kappa shape index (κ3) is 4.34. The highest BCUT2D eigenvalue weighted by atomic mass is 19.4. The molecule has 0 saturated heterocycles. The molecule has 4 aromatic rings. The number of pyridine rings is 2. The number of nitrogens with one attached hydrogen (secondary N) is 1. The molecule has 2 atom stereocenters. The van der Waals surface area contributed by atoms with Gasteiger partial charge in [0.15, 0.2) is 0 Å². The molecule has 0 bridgehead atoms. The number of carbonyl (C=O) groups excluding carboxylic acids is 2. The maximum atomic E-state index is 14.5. The molecule has 13 heteroatoms. The van der Waals surface area contributed by atoms with Crippen LogP contribution in [0.1, 0.15) is 28.5 Å². The third-order valence-corrected chi connectivity index (χ3v) is 6.79. The van der Waals surface area contributed by atoms with E-state index in [2.05, 4.69) is 15.3 Å². The van der Waals surface area contributed by atoms with Crippen molar-refractivity contribution >= 4 is 17.5 Å². The van der Waals surface area contributed by atoms with Gasteiger partial charge in [-0.05, 0) is 49.4 Å². The van der Waals surface area contributed by atoms with Crippen LogP contribution < -0.4 is 15.8 Å². The van der Waals surface area contributed by atoms with E-state index in [9.17, 15) is 32.3 Å². The molecular formula is C26H21F4N5O4. The summed E-state index contributed by atoms with van der Waals surface area (Å²) in [7, 11) is 0. The number of benzene rings is 1. The van der Waals surface area contributed by atoms with Crippen molar-refractivity contribution in [2.75, 3.05) is 13.2 Å². The molecule has 0 aliphatic carbocycles. The van der Waals surface area contributed by atoms with Gasteiger partial charge in [-0.3, -0.25) is 9.59 Å². The summed E-state index contributed by atoms with van der Waals surface area (Å²) >= 11 is 0. The molecule has 1 aliphatic rings. The van der Waals surface area contributed by atoms with Gasteiger partial charge in [-0.1, -0.05) is 0 Å². The van der Waals surface area contributed by atoms with Crippen LogP contribution in [0.4, 0.5) is 17.6 Å². The number of carbonyl (C=O) groups is 2. The average Bonchev–Trinajstić information content (AvgIpc) is 3.51. The number of rotatable bonds is 6. The number of aromatic nitrogens is 3. The topological polar surface area (TPSA) is 132 Å². The van der Waals surface area contributed by atoms with Crippen LogP contribution >= 0.6 is 0 Å². The highest BCUT2D eigenvalue weighted by Gasteiger charge is 2.57. The van der Waals surface area contributed by atoms with Crippen molar-refractivity contribution in [1.29, 1.82) is 0 Å². The van der Waals surface area contributed by atoms with Gasteiger partial charge in [-0.2, -0.15) is 13.2 Å². The molecule has 0 fully saturated rings. The molecule has 0 radical (unpaired) electrons. The smallest absolute Gasteiger partial charge is 0.424 e. The van der Waals surface area contributed by atoms with E-state index in [1.807, 2.05) is 0 Å². The Balaban J connectivity index is 1.59. The first-order valence-corrected chi connectivity index (χ1v) is 11.6. The number of halogens is 4. The van der Waals surface area contributed by atoms with Crippen LogP contribution in [0.5, 0.6) is 5.75 Å². The zero-order valence-electron chi connectivity index (χ0n) is 20.3. The number of nitrogens with zero attached hydrogens (tertiary/aromatic N) is 3. The van der Waals surface area contributed by atoms with Crippen LogP contribution in [0.2, 0.25) is 0 Å². The highest BCUT2D eigenvalue weighted by Crippen LogP contribution is 2.47. The fourth-order valence-electron chi connectivity index (χ4n) is 4.30. The van der Waals surface area contributed by atoms with Crippen LogP contribution in [-0.2, 0) is 15.8 Å². The first-order chi connectivity index (χ1) is 18.3. The molecule has 0 saturated carbocycles. The van der Waals surface area contributed by atoms with Gasteiger partial charge in [-0.15, -0.1) is 0 Å². The Labute approximate surface area is 218 Å². The Morgan fingerprint density at radius 3 is 2.56 bits per heavy atom. The second-order valence-electron chi connectivity index (χ2n) is 9.37. The molecule has 39 heavy (non-hydrogen) atoms. The largest absolute Gasteiger partial charge is 0.489 e. The van der Waals surface area contributed by atoms with Gasteiger partial charge in [0.1, 0.15) is 34.9 Å². The number of aliphatic hydroxyl groups is 1. The summed E-state index contributed by atoms with van der Waals surface area (Å²) in [6.45, 7) is -0.203. The molecule has 0 unspecified atom stereocenters. The molecule has 1 aliphatic heterocycles. The number of alkyl halides is 3. The van der Waals surface area contributed by atoms with Crippen molar-refractivity contribution in [3.05, 3.63) is 83.7 Å². The fourth-order valence-corrected chi connectivity index (χ4v) is 4.30. The minimum absolute atomic E-state index is 0.0156.